The van der Waals surface area contributed by atoms with Gasteiger partial charge in [0.25, 0.3) is 0 Å². The first-order valence-electron chi connectivity index (χ1n) is 5.80. The Kier molecular flexibility index (Phi) is 3.89. The van der Waals surface area contributed by atoms with E-state index in [1.165, 1.54) is 6.07 Å². The standard InChI is InChI=1S/C13H13F2N3O/c1-9(18-6-2-5-16-18)7-13(19)17-12-4-3-10(14)8-11(12)15/h2-6,8-9H,7H2,1H3,(H,17,19)/t9-/m0/s1. The van der Waals surface area contributed by atoms with Crippen molar-refractivity contribution in [3.05, 3.63) is 48.3 Å². The summed E-state index contributed by atoms with van der Waals surface area (Å²) < 4.78 is 27.7. The molecule has 1 N–H and O–H groups in total. The second kappa shape index (κ2) is 5.60. The molecule has 1 amide bonds. The lowest BCUT2D eigenvalue weighted by molar-refractivity contribution is -0.116. The minimum atomic E-state index is -0.792. The van der Waals surface area contributed by atoms with Crippen LogP contribution < -0.4 is 5.32 Å². The van der Waals surface area contributed by atoms with Crippen LogP contribution in [0, 0.1) is 11.6 Å². The summed E-state index contributed by atoms with van der Waals surface area (Å²) >= 11 is 0. The molecule has 0 saturated carbocycles. The van der Waals surface area contributed by atoms with E-state index in [1.54, 1.807) is 23.1 Å². The summed E-state index contributed by atoms with van der Waals surface area (Å²) in [5, 5.41) is 6.43. The van der Waals surface area contributed by atoms with Gasteiger partial charge in [-0.05, 0) is 25.1 Å². The smallest absolute Gasteiger partial charge is 0.226 e. The summed E-state index contributed by atoms with van der Waals surface area (Å²) in [4.78, 5) is 11.7. The summed E-state index contributed by atoms with van der Waals surface area (Å²) in [6.45, 7) is 1.83. The van der Waals surface area contributed by atoms with Crippen LogP contribution in [0.15, 0.2) is 36.7 Å². The topological polar surface area (TPSA) is 46.9 Å². The van der Waals surface area contributed by atoms with Gasteiger partial charge in [0.2, 0.25) is 5.91 Å². The maximum Gasteiger partial charge on any atom is 0.226 e. The summed E-state index contributed by atoms with van der Waals surface area (Å²) in [7, 11) is 0. The Morgan fingerprint density at radius 3 is 2.89 bits per heavy atom. The molecule has 0 unspecified atom stereocenters. The van der Waals surface area contributed by atoms with Crippen molar-refractivity contribution < 1.29 is 13.6 Å². The van der Waals surface area contributed by atoms with Gasteiger partial charge in [0, 0.05) is 24.9 Å². The monoisotopic (exact) mass is 265 g/mol. The van der Waals surface area contributed by atoms with Crippen molar-refractivity contribution in [1.82, 2.24) is 9.78 Å². The Labute approximate surface area is 109 Å². The van der Waals surface area contributed by atoms with Gasteiger partial charge in [-0.15, -0.1) is 0 Å². The van der Waals surface area contributed by atoms with Crippen LogP contribution in [-0.4, -0.2) is 15.7 Å². The second-order valence-electron chi connectivity index (χ2n) is 4.21. The maximum absolute atomic E-state index is 13.3. The van der Waals surface area contributed by atoms with Gasteiger partial charge in [-0.25, -0.2) is 8.78 Å². The fourth-order valence-corrected chi connectivity index (χ4v) is 1.70. The Morgan fingerprint density at radius 2 is 2.26 bits per heavy atom. The fraction of sp³-hybridized carbons (Fsp3) is 0.231. The van der Waals surface area contributed by atoms with Gasteiger partial charge in [0.15, 0.2) is 0 Å². The van der Waals surface area contributed by atoms with Gasteiger partial charge in [-0.1, -0.05) is 0 Å². The van der Waals surface area contributed by atoms with Gasteiger partial charge in [-0.2, -0.15) is 5.10 Å². The van der Waals surface area contributed by atoms with E-state index in [2.05, 4.69) is 10.4 Å². The number of hydrogen-bond acceptors (Lipinski definition) is 2. The molecule has 1 aromatic heterocycles. The molecule has 0 spiro atoms. The first-order chi connectivity index (χ1) is 9.06. The molecule has 19 heavy (non-hydrogen) atoms. The van der Waals surface area contributed by atoms with Crippen molar-refractivity contribution in [1.29, 1.82) is 0 Å². The van der Waals surface area contributed by atoms with Crippen LogP contribution in [0.1, 0.15) is 19.4 Å². The van der Waals surface area contributed by atoms with Crippen LogP contribution in [0.25, 0.3) is 0 Å². The fourth-order valence-electron chi connectivity index (χ4n) is 1.70. The number of amides is 1. The van der Waals surface area contributed by atoms with Crippen molar-refractivity contribution in [2.75, 3.05) is 5.32 Å². The molecule has 1 heterocycles. The SMILES string of the molecule is C[C@@H](CC(=O)Nc1ccc(F)cc1F)n1cccn1. The highest BCUT2D eigenvalue weighted by Crippen LogP contribution is 2.16. The summed E-state index contributed by atoms with van der Waals surface area (Å²) in [6.07, 6.45) is 3.52. The van der Waals surface area contributed by atoms with E-state index in [1.807, 2.05) is 6.92 Å². The first-order valence-corrected chi connectivity index (χ1v) is 5.80. The number of benzene rings is 1. The molecule has 0 fully saturated rings. The van der Waals surface area contributed by atoms with E-state index in [4.69, 9.17) is 0 Å². The van der Waals surface area contributed by atoms with Crippen molar-refractivity contribution in [2.45, 2.75) is 19.4 Å². The average molecular weight is 265 g/mol. The number of rotatable bonds is 4. The largest absolute Gasteiger partial charge is 0.324 e. The molecule has 1 atom stereocenters. The van der Waals surface area contributed by atoms with Gasteiger partial charge >= 0.3 is 0 Å². The predicted octanol–water partition coefficient (Wildman–Crippen LogP) is 2.75. The lowest BCUT2D eigenvalue weighted by Crippen LogP contribution is -2.18. The number of nitrogens with zero attached hydrogens (tertiary/aromatic N) is 2. The Hall–Kier alpha value is -2.24. The number of halogens is 2. The zero-order valence-corrected chi connectivity index (χ0v) is 10.3. The molecule has 0 aliphatic carbocycles. The third-order valence-electron chi connectivity index (χ3n) is 2.66. The number of aromatic nitrogens is 2. The Bertz CT molecular complexity index is 569. The van der Waals surface area contributed by atoms with Gasteiger partial charge in [0.05, 0.1) is 11.7 Å². The van der Waals surface area contributed by atoms with E-state index < -0.39 is 11.6 Å². The molecule has 0 aliphatic rings. The lowest BCUT2D eigenvalue weighted by atomic mass is 10.2. The number of nitrogens with one attached hydrogen (secondary N) is 1. The number of anilines is 1. The third kappa shape index (κ3) is 3.37. The summed E-state index contributed by atoms with van der Waals surface area (Å²) in [5.41, 5.74) is -0.0286. The van der Waals surface area contributed by atoms with Crippen LogP contribution in [0.5, 0.6) is 0 Å². The molecule has 4 nitrogen and oxygen atoms in total. The Balaban J connectivity index is 1.98. The normalized spacial score (nSPS) is 12.2. The van der Waals surface area contributed by atoms with Gasteiger partial charge < -0.3 is 5.32 Å². The minimum absolute atomic E-state index is 0.0286. The quantitative estimate of drug-likeness (QED) is 0.924. The van der Waals surface area contributed by atoms with Crippen LogP contribution in [-0.2, 0) is 4.79 Å². The first kappa shape index (κ1) is 13.2. The van der Waals surface area contributed by atoms with Crippen molar-refractivity contribution >= 4 is 11.6 Å². The summed E-state index contributed by atoms with van der Waals surface area (Å²) in [5.74, 6) is -1.82. The van der Waals surface area contributed by atoms with Crippen LogP contribution in [0.4, 0.5) is 14.5 Å². The third-order valence-corrected chi connectivity index (χ3v) is 2.66. The lowest BCUT2D eigenvalue weighted by Gasteiger charge is -2.12. The van der Waals surface area contributed by atoms with E-state index in [9.17, 15) is 13.6 Å². The predicted molar refractivity (Wildman–Crippen MR) is 66.5 cm³/mol. The second-order valence-corrected chi connectivity index (χ2v) is 4.21. The van der Waals surface area contributed by atoms with E-state index in [0.717, 1.165) is 12.1 Å². The maximum atomic E-state index is 13.3. The molecule has 1 aromatic carbocycles. The molecule has 0 radical (unpaired) electrons. The van der Waals surface area contributed by atoms with Crippen LogP contribution in [0.3, 0.4) is 0 Å². The van der Waals surface area contributed by atoms with E-state index in [-0.39, 0.29) is 24.1 Å². The number of hydrogen-bond donors (Lipinski definition) is 1. The van der Waals surface area contributed by atoms with Gasteiger partial charge in [0.1, 0.15) is 11.6 Å². The molecule has 2 rings (SSSR count). The molecule has 6 heteroatoms. The molecular weight excluding hydrogens is 252 g/mol. The van der Waals surface area contributed by atoms with E-state index in [0.29, 0.717) is 0 Å². The van der Waals surface area contributed by atoms with Crippen LogP contribution in [0.2, 0.25) is 0 Å². The number of carbonyl (C=O) groups excluding carboxylic acids is 1. The van der Waals surface area contributed by atoms with Crippen molar-refractivity contribution in [3.63, 3.8) is 0 Å². The van der Waals surface area contributed by atoms with Crippen molar-refractivity contribution in [3.8, 4) is 0 Å². The molecule has 2 aromatic rings. The average Bonchev–Trinajstić information content (AvgIpc) is 2.86. The molecular formula is C13H13F2N3O. The number of carbonyl (C=O) groups is 1. The van der Waals surface area contributed by atoms with Crippen LogP contribution >= 0.6 is 0 Å². The van der Waals surface area contributed by atoms with E-state index >= 15 is 0 Å². The molecule has 0 aliphatic heterocycles. The Morgan fingerprint density at radius 1 is 1.47 bits per heavy atom. The summed E-state index contributed by atoms with van der Waals surface area (Å²) in [6, 6.07) is 4.63. The highest BCUT2D eigenvalue weighted by atomic mass is 19.1. The molecule has 100 valence electrons. The highest BCUT2D eigenvalue weighted by Gasteiger charge is 2.13. The molecule has 0 saturated heterocycles. The minimum Gasteiger partial charge on any atom is -0.324 e. The van der Waals surface area contributed by atoms with Crippen molar-refractivity contribution in [2.24, 2.45) is 0 Å². The zero-order chi connectivity index (χ0) is 13.8. The highest BCUT2D eigenvalue weighted by molar-refractivity contribution is 5.91. The molecule has 0 bridgehead atoms. The zero-order valence-electron chi connectivity index (χ0n) is 10.3. The van der Waals surface area contributed by atoms with Gasteiger partial charge in [-0.3, -0.25) is 9.48 Å².